The number of hydrogen-bond acceptors (Lipinski definition) is 8. The van der Waals surface area contributed by atoms with E-state index in [1.807, 2.05) is 13.0 Å². The number of amides is 6. The van der Waals surface area contributed by atoms with E-state index in [1.54, 1.807) is 6.26 Å². The summed E-state index contributed by atoms with van der Waals surface area (Å²) in [5.74, 6) is 0. The highest BCUT2D eigenvalue weighted by Gasteiger charge is 2.04. The van der Waals surface area contributed by atoms with Crippen molar-refractivity contribution >= 4 is 24.2 Å². The number of allylic oxidation sites excluding steroid dienone is 1. The predicted octanol–water partition coefficient (Wildman–Crippen LogP) is 6.77. The van der Waals surface area contributed by atoms with Crippen molar-refractivity contribution in [1.29, 1.82) is 0 Å². The molecule has 0 aliphatic heterocycles. The average molecular weight is 727 g/mol. The second-order valence-corrected chi connectivity index (χ2v) is 12.2. The minimum atomic E-state index is -0.384. The zero-order valence-electron chi connectivity index (χ0n) is 31.5. The van der Waals surface area contributed by atoms with E-state index in [1.165, 1.54) is 6.26 Å². The van der Waals surface area contributed by atoms with Gasteiger partial charge in [0.2, 0.25) is 0 Å². The van der Waals surface area contributed by atoms with Crippen LogP contribution in [0.3, 0.4) is 0 Å². The number of carbonyl (C=O) groups excluding carboxylic acids is 4. The maximum Gasteiger partial charge on any atom is 0.407 e. The Morgan fingerprint density at radius 1 is 0.431 bits per heavy atom. The van der Waals surface area contributed by atoms with Crippen LogP contribution in [0.2, 0.25) is 0 Å². The molecular weight excluding hydrogens is 656 g/mol. The molecule has 0 saturated heterocycles. The van der Waals surface area contributed by atoms with Crippen LogP contribution >= 0.6 is 0 Å². The molecule has 6 amide bonds. The van der Waals surface area contributed by atoms with Crippen LogP contribution in [0.15, 0.2) is 25.2 Å². The first kappa shape index (κ1) is 47.2. The second kappa shape index (κ2) is 39.0. The number of unbranched alkanes of at least 4 members (excludes halogenated alkanes) is 13. The Hall–Kier alpha value is -3.84. The summed E-state index contributed by atoms with van der Waals surface area (Å²) >= 11 is 0. The van der Waals surface area contributed by atoms with Crippen molar-refractivity contribution in [3.8, 4) is 0 Å². The number of urea groups is 2. The second-order valence-electron chi connectivity index (χ2n) is 12.2. The van der Waals surface area contributed by atoms with Crippen LogP contribution in [-0.2, 0) is 18.9 Å². The molecule has 0 aromatic heterocycles. The average Bonchev–Trinajstić information content (AvgIpc) is 3.12. The van der Waals surface area contributed by atoms with Crippen molar-refractivity contribution in [3.63, 3.8) is 0 Å². The van der Waals surface area contributed by atoms with Crippen molar-refractivity contribution < 1.29 is 38.1 Å². The molecule has 14 nitrogen and oxygen atoms in total. The van der Waals surface area contributed by atoms with Crippen LogP contribution in [0.4, 0.5) is 19.2 Å². The Morgan fingerprint density at radius 2 is 0.745 bits per heavy atom. The molecule has 14 heteroatoms. The minimum Gasteiger partial charge on any atom is -0.502 e. The van der Waals surface area contributed by atoms with Gasteiger partial charge in [0, 0.05) is 39.3 Å². The first-order chi connectivity index (χ1) is 25.0. The van der Waals surface area contributed by atoms with E-state index < -0.39 is 0 Å². The lowest BCUT2D eigenvalue weighted by Gasteiger charge is -2.09. The van der Waals surface area contributed by atoms with Crippen LogP contribution in [0, 0.1) is 0 Å². The minimum absolute atomic E-state index is 0.123. The van der Waals surface area contributed by atoms with Gasteiger partial charge in [0.15, 0.2) is 0 Å². The third-order valence-electron chi connectivity index (χ3n) is 7.62. The monoisotopic (exact) mass is 727 g/mol. The van der Waals surface area contributed by atoms with Crippen molar-refractivity contribution in [3.05, 3.63) is 25.2 Å². The Morgan fingerprint density at radius 3 is 1.10 bits per heavy atom. The van der Waals surface area contributed by atoms with E-state index in [0.717, 1.165) is 116 Å². The van der Waals surface area contributed by atoms with Gasteiger partial charge in [0.05, 0.1) is 39.0 Å². The molecule has 296 valence electrons. The molecule has 0 heterocycles. The number of nitrogens with one attached hydrogen (secondary N) is 6. The zero-order valence-corrected chi connectivity index (χ0v) is 31.5. The van der Waals surface area contributed by atoms with Gasteiger partial charge < -0.3 is 50.8 Å². The maximum atomic E-state index is 11.9. The van der Waals surface area contributed by atoms with Crippen molar-refractivity contribution in [2.24, 2.45) is 0 Å². The van der Waals surface area contributed by atoms with Gasteiger partial charge in [-0.3, -0.25) is 0 Å². The smallest absolute Gasteiger partial charge is 0.407 e. The van der Waals surface area contributed by atoms with Gasteiger partial charge in [-0.25, -0.2) is 19.2 Å². The molecule has 6 N–H and O–H groups in total. The normalized spacial score (nSPS) is 10.6. The first-order valence-electron chi connectivity index (χ1n) is 19.3. The van der Waals surface area contributed by atoms with Gasteiger partial charge in [-0.2, -0.15) is 0 Å². The number of rotatable bonds is 35. The van der Waals surface area contributed by atoms with Crippen LogP contribution < -0.4 is 31.9 Å². The Bertz CT molecular complexity index is 893. The highest BCUT2D eigenvalue weighted by Crippen LogP contribution is 2.05. The molecule has 0 saturated carbocycles. The molecule has 0 aromatic carbocycles. The lowest BCUT2D eigenvalue weighted by atomic mass is 10.1. The van der Waals surface area contributed by atoms with Crippen LogP contribution in [0.1, 0.15) is 122 Å². The topological polar surface area (TPSA) is 177 Å². The molecule has 51 heavy (non-hydrogen) atoms. The molecule has 0 rings (SSSR count). The first-order valence-corrected chi connectivity index (χ1v) is 19.3. The molecule has 0 spiro atoms. The summed E-state index contributed by atoms with van der Waals surface area (Å²) in [7, 11) is 0. The summed E-state index contributed by atoms with van der Waals surface area (Å²) < 4.78 is 20.5. The van der Waals surface area contributed by atoms with E-state index in [9.17, 15) is 19.2 Å². The third kappa shape index (κ3) is 38.8. The molecule has 0 aliphatic carbocycles. The fourth-order valence-corrected chi connectivity index (χ4v) is 4.73. The summed E-state index contributed by atoms with van der Waals surface area (Å²) in [6.45, 7) is 11.1. The predicted molar refractivity (Wildman–Crippen MR) is 202 cm³/mol. The largest absolute Gasteiger partial charge is 0.502 e. The van der Waals surface area contributed by atoms with Gasteiger partial charge in [0.1, 0.15) is 0 Å². The molecule has 0 unspecified atom stereocenters. The van der Waals surface area contributed by atoms with Gasteiger partial charge in [-0.05, 0) is 71.1 Å². The van der Waals surface area contributed by atoms with Crippen LogP contribution in [0.25, 0.3) is 0 Å². The highest BCUT2D eigenvalue weighted by molar-refractivity contribution is 5.74. The molecule has 0 radical (unpaired) electrons. The maximum absolute atomic E-state index is 11.9. The van der Waals surface area contributed by atoms with Gasteiger partial charge in [-0.1, -0.05) is 64.0 Å². The Labute approximate surface area is 307 Å². The van der Waals surface area contributed by atoms with Crippen molar-refractivity contribution in [2.75, 3.05) is 65.7 Å². The fraction of sp³-hybridized carbons (Fsp3) is 0.784. The standard InChI is InChI=1S/C37H70N6O8/c1-3-29-49-31-20-22-33-51-37(47)43-28-18-12-10-16-26-41-35(45)39-24-14-8-6-5-7-13-23-38-34(44)40-25-15-9-11-17-27-42-36(46)50-32-21-19-30-48-4-2/h3-4,29H,2,5-28,30-33H2,1H3,(H,42,46)(H,43,47)(H2,38,40,44)(H2,39,41,45)/b29-3+. The summed E-state index contributed by atoms with van der Waals surface area (Å²) in [5, 5.41) is 17.1. The fourth-order valence-electron chi connectivity index (χ4n) is 4.73. The van der Waals surface area contributed by atoms with Crippen LogP contribution in [-0.4, -0.2) is 89.9 Å². The molecular formula is C37H70N6O8. The molecule has 0 fully saturated rings. The number of carbonyl (C=O) groups is 4. The summed E-state index contributed by atoms with van der Waals surface area (Å²) in [4.78, 5) is 47.1. The summed E-state index contributed by atoms with van der Waals surface area (Å²) in [6, 6.07) is -0.247. The Balaban J connectivity index is 3.34. The zero-order chi connectivity index (χ0) is 37.3. The van der Waals surface area contributed by atoms with Gasteiger partial charge in [0.25, 0.3) is 0 Å². The van der Waals surface area contributed by atoms with Crippen molar-refractivity contribution in [1.82, 2.24) is 31.9 Å². The van der Waals surface area contributed by atoms with Gasteiger partial charge >= 0.3 is 24.2 Å². The Kier molecular flexibility index (Phi) is 36.0. The number of ether oxygens (including phenoxy) is 4. The molecule has 0 aliphatic rings. The third-order valence-corrected chi connectivity index (χ3v) is 7.62. The number of alkyl carbamates (subject to hydrolysis) is 2. The quantitative estimate of drug-likeness (QED) is 0.0306. The summed E-state index contributed by atoms with van der Waals surface area (Å²) in [5.41, 5.74) is 0. The van der Waals surface area contributed by atoms with Gasteiger partial charge in [-0.15, -0.1) is 0 Å². The van der Waals surface area contributed by atoms with E-state index in [2.05, 4.69) is 38.5 Å². The SMILES string of the molecule is C=COCCCCOC(=O)NCCCCCCNC(=O)NCCCCCCCCNC(=O)NCCCCCCNC(=O)OCCCCO/C=C/C. The van der Waals surface area contributed by atoms with E-state index in [4.69, 9.17) is 18.9 Å². The van der Waals surface area contributed by atoms with Crippen molar-refractivity contribution in [2.45, 2.75) is 122 Å². The van der Waals surface area contributed by atoms with Crippen LogP contribution in [0.5, 0.6) is 0 Å². The highest BCUT2D eigenvalue weighted by atomic mass is 16.6. The number of hydrogen-bond donors (Lipinski definition) is 6. The molecule has 0 bridgehead atoms. The molecule has 0 aromatic rings. The lowest BCUT2D eigenvalue weighted by Crippen LogP contribution is -2.36. The van der Waals surface area contributed by atoms with E-state index in [-0.39, 0.29) is 24.2 Å². The van der Waals surface area contributed by atoms with E-state index in [0.29, 0.717) is 65.7 Å². The summed E-state index contributed by atoms with van der Waals surface area (Å²) in [6.07, 6.45) is 21.1. The molecule has 0 atom stereocenters. The lowest BCUT2D eigenvalue weighted by molar-refractivity contribution is 0.139. The van der Waals surface area contributed by atoms with E-state index >= 15 is 0 Å².